The molecule has 1 aromatic carbocycles. The Labute approximate surface area is 183 Å². The van der Waals surface area contributed by atoms with E-state index < -0.39 is 11.6 Å². The van der Waals surface area contributed by atoms with Gasteiger partial charge >= 0.3 is 0 Å². The van der Waals surface area contributed by atoms with Crippen molar-refractivity contribution < 1.29 is 13.6 Å². The average Bonchev–Trinajstić information content (AvgIpc) is 2.74. The lowest BCUT2D eigenvalue weighted by Crippen LogP contribution is -2.27. The van der Waals surface area contributed by atoms with E-state index in [2.05, 4.69) is 22.5 Å². The molecule has 0 bridgehead atoms. The van der Waals surface area contributed by atoms with Gasteiger partial charge in [0.25, 0.3) is 5.91 Å². The fourth-order valence-electron chi connectivity index (χ4n) is 2.67. The van der Waals surface area contributed by atoms with Gasteiger partial charge in [0.2, 0.25) is 0 Å². The number of carbonyl (C=O) groups excluding carboxylic acids is 1. The van der Waals surface area contributed by atoms with Crippen LogP contribution in [-0.2, 0) is 0 Å². The molecule has 168 valence electrons. The highest BCUT2D eigenvalue weighted by molar-refractivity contribution is 5.95. The predicted octanol–water partition coefficient (Wildman–Crippen LogP) is 3.80. The predicted molar refractivity (Wildman–Crippen MR) is 119 cm³/mol. The van der Waals surface area contributed by atoms with E-state index in [0.29, 0.717) is 23.5 Å². The van der Waals surface area contributed by atoms with Crippen molar-refractivity contribution in [3.63, 3.8) is 0 Å². The largest absolute Gasteiger partial charge is 0.360 e. The Bertz CT molecular complexity index is 832. The number of hydrogen-bond acceptors (Lipinski definition) is 5. The van der Waals surface area contributed by atoms with Crippen LogP contribution in [0.15, 0.2) is 30.3 Å². The lowest BCUT2D eigenvalue weighted by atomic mass is 10.2. The van der Waals surface area contributed by atoms with Crippen molar-refractivity contribution in [1.82, 2.24) is 15.6 Å². The molecule has 0 saturated heterocycles. The van der Waals surface area contributed by atoms with Gasteiger partial charge in [0.05, 0.1) is 0 Å². The summed E-state index contributed by atoms with van der Waals surface area (Å²) in [6.07, 6.45) is 2.99. The smallest absolute Gasteiger partial charge is 0.251 e. The maximum Gasteiger partial charge on any atom is 0.251 e. The van der Waals surface area contributed by atoms with Gasteiger partial charge in [-0.2, -0.15) is 5.26 Å². The zero-order chi connectivity index (χ0) is 23.2. The molecule has 0 spiro atoms. The van der Waals surface area contributed by atoms with Crippen LogP contribution in [0.5, 0.6) is 0 Å². The minimum atomic E-state index is -0.521. The third-order valence-electron chi connectivity index (χ3n) is 4.32. The molecule has 1 aromatic heterocycles. The average molecular weight is 432 g/mol. The number of anilines is 1. The van der Waals surface area contributed by atoms with Gasteiger partial charge < -0.3 is 15.5 Å². The van der Waals surface area contributed by atoms with Crippen LogP contribution in [0.4, 0.5) is 14.6 Å². The Hall–Kier alpha value is -3.05. The summed E-state index contributed by atoms with van der Waals surface area (Å²) in [5.41, 5.74) is 1.35. The van der Waals surface area contributed by atoms with E-state index in [-0.39, 0.29) is 11.6 Å². The van der Waals surface area contributed by atoms with Crippen molar-refractivity contribution in [2.45, 2.75) is 33.1 Å². The van der Waals surface area contributed by atoms with E-state index in [4.69, 9.17) is 5.26 Å². The topological polar surface area (TPSA) is 81.0 Å². The molecule has 0 aliphatic heterocycles. The number of hydrogen-bond donors (Lipinski definition) is 2. The molecular formula is C23H31F2N5O. The molecule has 0 radical (unpaired) electrons. The van der Waals surface area contributed by atoms with Gasteiger partial charge in [-0.15, -0.1) is 0 Å². The highest BCUT2D eigenvalue weighted by atomic mass is 19.1. The summed E-state index contributed by atoms with van der Waals surface area (Å²) in [4.78, 5) is 18.4. The Morgan fingerprint density at radius 2 is 1.81 bits per heavy atom. The van der Waals surface area contributed by atoms with Gasteiger partial charge in [-0.1, -0.05) is 13.3 Å². The molecule has 2 N–H and O–H groups in total. The van der Waals surface area contributed by atoms with E-state index in [1.54, 1.807) is 13.0 Å². The Morgan fingerprint density at radius 3 is 2.35 bits per heavy atom. The molecule has 2 aromatic rings. The van der Waals surface area contributed by atoms with Crippen LogP contribution < -0.4 is 15.5 Å². The second-order valence-corrected chi connectivity index (χ2v) is 7.15. The normalized spacial score (nSPS) is 9.97. The van der Waals surface area contributed by atoms with E-state index in [9.17, 15) is 13.6 Å². The summed E-state index contributed by atoms with van der Waals surface area (Å²) in [5.74, 6) is -0.548. The minimum absolute atomic E-state index is 0.167. The van der Waals surface area contributed by atoms with Crippen molar-refractivity contribution in [3.8, 4) is 6.07 Å². The van der Waals surface area contributed by atoms with E-state index >= 15 is 0 Å². The van der Waals surface area contributed by atoms with Crippen LogP contribution in [0.3, 0.4) is 0 Å². The van der Waals surface area contributed by atoms with Crippen LogP contribution in [0.2, 0.25) is 0 Å². The highest BCUT2D eigenvalue weighted by Crippen LogP contribution is 2.14. The number of carbonyl (C=O) groups is 1. The number of aryl methyl sites for hydroxylation is 1. The molecule has 0 aliphatic carbocycles. The fourth-order valence-corrected chi connectivity index (χ4v) is 2.67. The summed E-state index contributed by atoms with van der Waals surface area (Å²) >= 11 is 0. The number of aromatic nitrogens is 1. The van der Waals surface area contributed by atoms with Gasteiger partial charge in [0.15, 0.2) is 0 Å². The number of nitrogens with zero attached hydrogens (tertiary/aromatic N) is 3. The first kappa shape index (κ1) is 26.0. The Balaban J connectivity index is 0.000000442. The van der Waals surface area contributed by atoms with Gasteiger partial charge in [0, 0.05) is 31.8 Å². The van der Waals surface area contributed by atoms with Crippen LogP contribution in [-0.4, -0.2) is 44.6 Å². The number of nitrogens with one attached hydrogen (secondary N) is 2. The molecule has 2 rings (SSSR count). The SMILES string of the molecule is CCCCN(C)c1cc(C(=O)NCCCNC)cc(C#N)n1.Cc1cc(F)cc(F)c1. The number of pyridine rings is 1. The summed E-state index contributed by atoms with van der Waals surface area (Å²) in [6.45, 7) is 6.07. The summed E-state index contributed by atoms with van der Waals surface area (Å²) in [5, 5.41) is 15.0. The summed E-state index contributed by atoms with van der Waals surface area (Å²) < 4.78 is 24.4. The molecule has 0 unspecified atom stereocenters. The molecule has 1 amide bonds. The Morgan fingerprint density at radius 1 is 1.13 bits per heavy atom. The van der Waals surface area contributed by atoms with Crippen molar-refractivity contribution in [3.05, 3.63) is 58.8 Å². The minimum Gasteiger partial charge on any atom is -0.360 e. The number of benzene rings is 1. The van der Waals surface area contributed by atoms with Crippen LogP contribution in [0.1, 0.15) is 47.8 Å². The van der Waals surface area contributed by atoms with Crippen LogP contribution in [0.25, 0.3) is 0 Å². The summed E-state index contributed by atoms with van der Waals surface area (Å²) in [6, 6.07) is 8.71. The monoisotopic (exact) mass is 431 g/mol. The second-order valence-electron chi connectivity index (χ2n) is 7.15. The van der Waals surface area contributed by atoms with Crippen LogP contribution in [0, 0.1) is 29.9 Å². The van der Waals surface area contributed by atoms with E-state index in [1.807, 2.05) is 25.1 Å². The van der Waals surface area contributed by atoms with Gasteiger partial charge in [-0.05, 0) is 63.2 Å². The number of unbranched alkanes of at least 4 members (excludes halogenated alkanes) is 1. The van der Waals surface area contributed by atoms with Gasteiger partial charge in [-0.3, -0.25) is 4.79 Å². The second kappa shape index (κ2) is 14.0. The first-order chi connectivity index (χ1) is 14.8. The van der Waals surface area contributed by atoms with Crippen molar-refractivity contribution in [2.75, 3.05) is 38.6 Å². The molecule has 1 heterocycles. The standard InChI is InChI=1S/C16H25N5O.C7H6F2/c1-4-5-9-21(3)15-11-13(10-14(12-17)20-15)16(22)19-8-6-7-18-2;1-5-2-6(8)4-7(9)3-5/h10-11,18H,4-9H2,1-3H3,(H,19,22);2-4H,1H3. The molecule has 6 nitrogen and oxygen atoms in total. The fraction of sp³-hybridized carbons (Fsp3) is 0.435. The molecule has 8 heteroatoms. The third kappa shape index (κ3) is 10.0. The number of nitriles is 1. The molecule has 0 atom stereocenters. The lowest BCUT2D eigenvalue weighted by Gasteiger charge is -2.18. The zero-order valence-corrected chi connectivity index (χ0v) is 18.6. The quantitative estimate of drug-likeness (QED) is 0.590. The zero-order valence-electron chi connectivity index (χ0n) is 18.6. The van der Waals surface area contributed by atoms with E-state index in [0.717, 1.165) is 38.4 Å². The number of rotatable bonds is 9. The number of halogens is 2. The number of amides is 1. The van der Waals surface area contributed by atoms with Gasteiger partial charge in [0.1, 0.15) is 29.2 Å². The third-order valence-corrected chi connectivity index (χ3v) is 4.32. The molecule has 0 aliphatic rings. The first-order valence-electron chi connectivity index (χ1n) is 10.3. The van der Waals surface area contributed by atoms with E-state index in [1.165, 1.54) is 18.2 Å². The van der Waals surface area contributed by atoms with Crippen molar-refractivity contribution in [1.29, 1.82) is 5.26 Å². The maximum absolute atomic E-state index is 12.2. The molecular weight excluding hydrogens is 400 g/mol. The molecule has 0 fully saturated rings. The van der Waals surface area contributed by atoms with Crippen molar-refractivity contribution >= 4 is 11.7 Å². The molecule has 0 saturated carbocycles. The molecule has 31 heavy (non-hydrogen) atoms. The lowest BCUT2D eigenvalue weighted by molar-refractivity contribution is 0.0953. The Kier molecular flexibility index (Phi) is 11.8. The van der Waals surface area contributed by atoms with Gasteiger partial charge in [-0.25, -0.2) is 13.8 Å². The maximum atomic E-state index is 12.2. The van der Waals surface area contributed by atoms with Crippen molar-refractivity contribution in [2.24, 2.45) is 0 Å². The first-order valence-corrected chi connectivity index (χ1v) is 10.3. The highest BCUT2D eigenvalue weighted by Gasteiger charge is 2.12. The summed E-state index contributed by atoms with van der Waals surface area (Å²) in [7, 11) is 3.80. The van der Waals surface area contributed by atoms with Crippen LogP contribution >= 0.6 is 0 Å².